The average molecular weight is 198 g/mol. The molecule has 80 valence electrons. The van der Waals surface area contributed by atoms with Gasteiger partial charge >= 0.3 is 5.97 Å². The summed E-state index contributed by atoms with van der Waals surface area (Å²) in [6.07, 6.45) is 3.71. The molecule has 0 amide bonds. The predicted octanol–water partition coefficient (Wildman–Crippen LogP) is -0.0143. The van der Waals surface area contributed by atoms with Gasteiger partial charge in [0.05, 0.1) is 13.7 Å². The van der Waals surface area contributed by atoms with Gasteiger partial charge in [-0.3, -0.25) is 9.69 Å². The van der Waals surface area contributed by atoms with E-state index in [1.807, 2.05) is 0 Å². The summed E-state index contributed by atoms with van der Waals surface area (Å²) in [5.41, 5.74) is 0. The molecule has 2 bridgehead atoms. The predicted molar refractivity (Wildman–Crippen MR) is 53.0 cm³/mol. The van der Waals surface area contributed by atoms with Crippen molar-refractivity contribution in [3.05, 3.63) is 0 Å². The molecule has 0 spiro atoms. The molecular formula is C10H18N2O2. The van der Waals surface area contributed by atoms with Crippen LogP contribution in [0.2, 0.25) is 0 Å². The Morgan fingerprint density at radius 2 is 2.21 bits per heavy atom. The summed E-state index contributed by atoms with van der Waals surface area (Å²) in [4.78, 5) is 13.3. The molecular weight excluding hydrogens is 180 g/mol. The third-order valence-corrected chi connectivity index (χ3v) is 3.19. The lowest BCUT2D eigenvalue weighted by atomic mass is 10.1. The summed E-state index contributed by atoms with van der Waals surface area (Å²) in [5, 5.41) is 3.58. The van der Waals surface area contributed by atoms with Crippen LogP contribution in [0.25, 0.3) is 0 Å². The van der Waals surface area contributed by atoms with Gasteiger partial charge in [0.2, 0.25) is 0 Å². The standard InChI is InChI=1S/C10H18N2O2/c1-14-10(13)7-12-5-4-8-2-3-9(6-12)11-8/h8-9,11H,2-7H2,1H3. The fraction of sp³-hybridized carbons (Fsp3) is 0.900. The molecule has 0 aromatic carbocycles. The highest BCUT2D eigenvalue weighted by molar-refractivity contribution is 5.71. The minimum absolute atomic E-state index is 0.122. The van der Waals surface area contributed by atoms with Gasteiger partial charge in [0.15, 0.2) is 0 Å². The van der Waals surface area contributed by atoms with Crippen molar-refractivity contribution in [2.75, 3.05) is 26.7 Å². The van der Waals surface area contributed by atoms with Crippen molar-refractivity contribution in [3.8, 4) is 0 Å². The molecule has 1 N–H and O–H groups in total. The molecule has 2 aliphatic rings. The summed E-state index contributed by atoms with van der Waals surface area (Å²) >= 11 is 0. The van der Waals surface area contributed by atoms with E-state index in [2.05, 4.69) is 15.0 Å². The molecule has 2 rings (SSSR count). The number of esters is 1. The number of fused-ring (bicyclic) bond motifs is 2. The zero-order chi connectivity index (χ0) is 9.97. The molecule has 4 nitrogen and oxygen atoms in total. The van der Waals surface area contributed by atoms with Gasteiger partial charge in [0, 0.05) is 25.2 Å². The summed E-state index contributed by atoms with van der Waals surface area (Å²) in [5.74, 6) is -0.122. The van der Waals surface area contributed by atoms with Crippen LogP contribution in [0.5, 0.6) is 0 Å². The number of carbonyl (C=O) groups is 1. The van der Waals surface area contributed by atoms with Gasteiger partial charge in [-0.25, -0.2) is 0 Å². The Bertz CT molecular complexity index is 220. The lowest BCUT2D eigenvalue weighted by Gasteiger charge is -2.22. The molecule has 2 fully saturated rings. The first kappa shape index (κ1) is 9.93. The maximum atomic E-state index is 11.1. The van der Waals surface area contributed by atoms with Gasteiger partial charge in [-0.2, -0.15) is 0 Å². The van der Waals surface area contributed by atoms with E-state index in [4.69, 9.17) is 0 Å². The highest BCUT2D eigenvalue weighted by Crippen LogP contribution is 2.19. The highest BCUT2D eigenvalue weighted by atomic mass is 16.5. The number of nitrogens with one attached hydrogen (secondary N) is 1. The molecule has 4 heteroatoms. The van der Waals surface area contributed by atoms with E-state index in [9.17, 15) is 4.79 Å². The molecule has 2 saturated heterocycles. The number of ether oxygens (including phenoxy) is 1. The smallest absolute Gasteiger partial charge is 0.319 e. The van der Waals surface area contributed by atoms with Crippen molar-refractivity contribution in [1.82, 2.24) is 10.2 Å². The molecule has 2 unspecified atom stereocenters. The van der Waals surface area contributed by atoms with E-state index in [1.54, 1.807) is 0 Å². The van der Waals surface area contributed by atoms with Crippen molar-refractivity contribution in [1.29, 1.82) is 0 Å². The summed E-state index contributed by atoms with van der Waals surface area (Å²) < 4.78 is 4.67. The SMILES string of the molecule is COC(=O)CN1CCC2CCC(C1)N2. The monoisotopic (exact) mass is 198 g/mol. The van der Waals surface area contributed by atoms with E-state index >= 15 is 0 Å². The Kier molecular flexibility index (Phi) is 3.03. The second-order valence-corrected chi connectivity index (χ2v) is 4.24. The van der Waals surface area contributed by atoms with Crippen LogP contribution < -0.4 is 5.32 Å². The third kappa shape index (κ3) is 2.25. The molecule has 0 aliphatic carbocycles. The van der Waals surface area contributed by atoms with E-state index in [-0.39, 0.29) is 5.97 Å². The molecule has 0 aromatic heterocycles. The van der Waals surface area contributed by atoms with Crippen LogP contribution in [0.3, 0.4) is 0 Å². The summed E-state index contributed by atoms with van der Waals surface area (Å²) in [7, 11) is 1.45. The van der Waals surface area contributed by atoms with Gasteiger partial charge in [0.1, 0.15) is 0 Å². The number of nitrogens with zero attached hydrogens (tertiary/aromatic N) is 1. The lowest BCUT2D eigenvalue weighted by molar-refractivity contribution is -0.141. The normalized spacial score (nSPS) is 32.6. The fourth-order valence-corrected chi connectivity index (χ4v) is 2.41. The Hall–Kier alpha value is -0.610. The van der Waals surface area contributed by atoms with Gasteiger partial charge < -0.3 is 10.1 Å². The van der Waals surface area contributed by atoms with Crippen molar-refractivity contribution < 1.29 is 9.53 Å². The van der Waals surface area contributed by atoms with Crippen LogP contribution in [-0.2, 0) is 9.53 Å². The second-order valence-electron chi connectivity index (χ2n) is 4.24. The first-order valence-electron chi connectivity index (χ1n) is 5.33. The zero-order valence-corrected chi connectivity index (χ0v) is 8.66. The van der Waals surface area contributed by atoms with Gasteiger partial charge in [0.25, 0.3) is 0 Å². The van der Waals surface area contributed by atoms with Gasteiger partial charge in [-0.1, -0.05) is 0 Å². The van der Waals surface area contributed by atoms with E-state index in [0.29, 0.717) is 18.6 Å². The van der Waals surface area contributed by atoms with Crippen LogP contribution in [0, 0.1) is 0 Å². The Morgan fingerprint density at radius 1 is 1.43 bits per heavy atom. The lowest BCUT2D eigenvalue weighted by Crippen LogP contribution is -2.38. The first-order valence-corrected chi connectivity index (χ1v) is 5.33. The van der Waals surface area contributed by atoms with Crippen LogP contribution in [0.15, 0.2) is 0 Å². The molecule has 2 heterocycles. The van der Waals surface area contributed by atoms with Crippen molar-refractivity contribution in [2.45, 2.75) is 31.3 Å². The topological polar surface area (TPSA) is 41.6 Å². The minimum atomic E-state index is -0.122. The maximum Gasteiger partial charge on any atom is 0.319 e. The minimum Gasteiger partial charge on any atom is -0.468 e. The number of rotatable bonds is 2. The summed E-state index contributed by atoms with van der Waals surface area (Å²) in [6.45, 7) is 2.45. The molecule has 0 aromatic rings. The number of hydrogen-bond acceptors (Lipinski definition) is 4. The first-order chi connectivity index (χ1) is 6.78. The average Bonchev–Trinajstić information content (AvgIpc) is 2.50. The maximum absolute atomic E-state index is 11.1. The van der Waals surface area contributed by atoms with Crippen LogP contribution in [-0.4, -0.2) is 49.7 Å². The van der Waals surface area contributed by atoms with Crippen molar-refractivity contribution in [2.24, 2.45) is 0 Å². The highest BCUT2D eigenvalue weighted by Gasteiger charge is 2.29. The Morgan fingerprint density at radius 3 is 3.00 bits per heavy atom. The van der Waals surface area contributed by atoms with Crippen molar-refractivity contribution in [3.63, 3.8) is 0 Å². The van der Waals surface area contributed by atoms with E-state index < -0.39 is 0 Å². The van der Waals surface area contributed by atoms with E-state index in [1.165, 1.54) is 20.0 Å². The molecule has 0 radical (unpaired) electrons. The third-order valence-electron chi connectivity index (χ3n) is 3.19. The molecule has 0 saturated carbocycles. The Balaban J connectivity index is 1.85. The summed E-state index contributed by atoms with van der Waals surface area (Å²) in [6, 6.07) is 1.27. The number of carbonyl (C=O) groups excluding carboxylic acids is 1. The van der Waals surface area contributed by atoms with E-state index in [0.717, 1.165) is 19.5 Å². The molecule has 2 aliphatic heterocycles. The number of likely N-dealkylation sites (tertiary alicyclic amines) is 1. The largest absolute Gasteiger partial charge is 0.468 e. The van der Waals surface area contributed by atoms with Crippen LogP contribution in [0.1, 0.15) is 19.3 Å². The van der Waals surface area contributed by atoms with Crippen LogP contribution >= 0.6 is 0 Å². The zero-order valence-electron chi connectivity index (χ0n) is 8.66. The number of methoxy groups -OCH3 is 1. The quantitative estimate of drug-likeness (QED) is 0.633. The molecule has 2 atom stereocenters. The Labute approximate surface area is 84.6 Å². The van der Waals surface area contributed by atoms with Crippen molar-refractivity contribution >= 4 is 5.97 Å². The van der Waals surface area contributed by atoms with Gasteiger partial charge in [-0.05, 0) is 19.3 Å². The molecule has 14 heavy (non-hydrogen) atoms. The van der Waals surface area contributed by atoms with Crippen LogP contribution in [0.4, 0.5) is 0 Å². The number of hydrogen-bond donors (Lipinski definition) is 1. The fourth-order valence-electron chi connectivity index (χ4n) is 2.41. The van der Waals surface area contributed by atoms with Gasteiger partial charge in [-0.15, -0.1) is 0 Å². The second kappa shape index (κ2) is 4.28.